The maximum absolute atomic E-state index is 13.2. The zero-order chi connectivity index (χ0) is 26.5. The number of carbonyl (C=O) groups is 4. The first-order valence-corrected chi connectivity index (χ1v) is 11.8. The van der Waals surface area contributed by atoms with Gasteiger partial charge in [-0.3, -0.25) is 14.4 Å². The Bertz CT molecular complexity index is 817. The summed E-state index contributed by atoms with van der Waals surface area (Å²) in [6.07, 6.45) is 3.84. The predicted octanol–water partition coefficient (Wildman–Crippen LogP) is -1.63. The Hall–Kier alpha value is -3.03. The van der Waals surface area contributed by atoms with E-state index in [0.29, 0.717) is 31.5 Å². The molecule has 1 aromatic rings. The lowest BCUT2D eigenvalue weighted by Gasteiger charge is -2.28. The summed E-state index contributed by atoms with van der Waals surface area (Å²) >= 11 is 0. The van der Waals surface area contributed by atoms with Crippen molar-refractivity contribution < 1.29 is 29.4 Å². The third-order valence-corrected chi connectivity index (χ3v) is 5.76. The summed E-state index contributed by atoms with van der Waals surface area (Å²) in [5.41, 5.74) is 11.9. The van der Waals surface area contributed by atoms with Crippen molar-refractivity contribution in [1.29, 1.82) is 0 Å². The zero-order valence-electron chi connectivity index (χ0n) is 20.5. The monoisotopic (exact) mass is 497 g/mol. The summed E-state index contributed by atoms with van der Waals surface area (Å²) < 4.78 is 0. The number of aliphatic hydroxyl groups excluding tert-OH is 1. The number of nitrogens with zero attached hydrogens (tertiary/aromatic N) is 1. The Morgan fingerprint density at radius 3 is 2.23 bits per heavy atom. The molecule has 0 saturated carbocycles. The fourth-order valence-corrected chi connectivity index (χ4v) is 3.33. The van der Waals surface area contributed by atoms with Crippen LogP contribution in [0.25, 0.3) is 0 Å². The minimum absolute atomic E-state index is 0.0243. The predicted molar refractivity (Wildman–Crippen MR) is 128 cm³/mol. The lowest BCUT2D eigenvalue weighted by Crippen LogP contribution is -2.60. The third-order valence-electron chi connectivity index (χ3n) is 5.76. The molecule has 3 amide bonds. The lowest BCUT2D eigenvalue weighted by molar-refractivity contribution is -0.145. The van der Waals surface area contributed by atoms with E-state index in [0.717, 1.165) is 6.42 Å². The Balaban J connectivity index is 3.03. The van der Waals surface area contributed by atoms with Gasteiger partial charge in [0.15, 0.2) is 6.04 Å². The number of hydrogen-bond donors (Lipinski definition) is 8. The molecule has 1 rings (SSSR count). The van der Waals surface area contributed by atoms with Gasteiger partial charge in [0, 0.05) is 18.3 Å². The van der Waals surface area contributed by atoms with Crippen LogP contribution in [0.3, 0.4) is 0 Å². The third kappa shape index (κ3) is 10.0. The number of carboxylic acid groups (broad SMARTS) is 1. The molecule has 35 heavy (non-hydrogen) atoms. The van der Waals surface area contributed by atoms with Crippen molar-refractivity contribution in [2.45, 2.75) is 83.1 Å². The zero-order valence-corrected chi connectivity index (χ0v) is 20.5. The van der Waals surface area contributed by atoms with Crippen molar-refractivity contribution in [1.82, 2.24) is 25.9 Å². The van der Waals surface area contributed by atoms with Crippen LogP contribution in [0.5, 0.6) is 0 Å². The summed E-state index contributed by atoms with van der Waals surface area (Å²) in [5, 5.41) is 26.5. The standard InChI is InChI=1S/C22H39N7O6/c1-4-12(2)17(28-19(31)15(24)7-5-6-8-23)21(33)27-16(9-14-10-25-11-26-14)20(32)29-18(13(3)30)22(34)35/h10-13,15-18,30H,4-9,23-24H2,1-3H3,(H,25,26)(H,27,33)(H,28,31)(H,29,32)(H,34,35). The number of hydrogen-bond acceptors (Lipinski definition) is 8. The van der Waals surface area contributed by atoms with Crippen LogP contribution in [0.15, 0.2) is 12.5 Å². The highest BCUT2D eigenvalue weighted by atomic mass is 16.4. The summed E-state index contributed by atoms with van der Waals surface area (Å²) in [6.45, 7) is 5.35. The Kier molecular flexibility index (Phi) is 12.9. The molecule has 6 unspecified atom stereocenters. The van der Waals surface area contributed by atoms with E-state index in [1.807, 2.05) is 6.92 Å². The van der Waals surface area contributed by atoms with Crippen molar-refractivity contribution in [2.24, 2.45) is 17.4 Å². The van der Waals surface area contributed by atoms with Gasteiger partial charge < -0.3 is 42.6 Å². The van der Waals surface area contributed by atoms with E-state index >= 15 is 0 Å². The fourth-order valence-electron chi connectivity index (χ4n) is 3.33. The number of aliphatic carboxylic acids is 1. The second kappa shape index (κ2) is 15.1. The molecule has 0 bridgehead atoms. The normalized spacial score (nSPS) is 16.3. The highest BCUT2D eigenvalue weighted by Gasteiger charge is 2.33. The number of aromatic amines is 1. The molecule has 10 N–H and O–H groups in total. The van der Waals surface area contributed by atoms with Crippen LogP contribution < -0.4 is 27.4 Å². The number of nitrogens with two attached hydrogens (primary N) is 2. The first kappa shape index (κ1) is 30.0. The van der Waals surface area contributed by atoms with E-state index in [-0.39, 0.29) is 12.3 Å². The smallest absolute Gasteiger partial charge is 0.328 e. The van der Waals surface area contributed by atoms with Crippen molar-refractivity contribution in [3.8, 4) is 0 Å². The molecular weight excluding hydrogens is 458 g/mol. The maximum atomic E-state index is 13.2. The van der Waals surface area contributed by atoms with Crippen LogP contribution in [0.4, 0.5) is 0 Å². The molecular formula is C22H39N7O6. The summed E-state index contributed by atoms with van der Waals surface area (Å²) in [5.74, 6) is -3.62. The van der Waals surface area contributed by atoms with Crippen LogP contribution in [-0.4, -0.2) is 80.7 Å². The van der Waals surface area contributed by atoms with Gasteiger partial charge >= 0.3 is 5.97 Å². The number of amides is 3. The number of aromatic nitrogens is 2. The number of unbranched alkanes of at least 4 members (excludes halogenated alkanes) is 1. The quantitative estimate of drug-likeness (QED) is 0.123. The highest BCUT2D eigenvalue weighted by Crippen LogP contribution is 2.11. The van der Waals surface area contributed by atoms with Gasteiger partial charge in [-0.05, 0) is 32.2 Å². The molecule has 0 spiro atoms. The molecule has 0 aliphatic carbocycles. The molecule has 0 aliphatic heterocycles. The first-order valence-electron chi connectivity index (χ1n) is 11.8. The molecule has 1 heterocycles. The average molecular weight is 498 g/mol. The van der Waals surface area contributed by atoms with E-state index in [1.54, 1.807) is 6.92 Å². The van der Waals surface area contributed by atoms with Gasteiger partial charge in [0.2, 0.25) is 17.7 Å². The number of H-pyrrole nitrogens is 1. The first-order chi connectivity index (χ1) is 16.5. The SMILES string of the molecule is CCC(C)C(NC(=O)C(N)CCCCN)C(=O)NC(Cc1cnc[nH]1)C(=O)NC(C(=O)O)C(C)O. The van der Waals surface area contributed by atoms with Crippen molar-refractivity contribution >= 4 is 23.7 Å². The van der Waals surface area contributed by atoms with Gasteiger partial charge in [0.05, 0.1) is 18.5 Å². The minimum Gasteiger partial charge on any atom is -0.480 e. The summed E-state index contributed by atoms with van der Waals surface area (Å²) in [7, 11) is 0. The van der Waals surface area contributed by atoms with Crippen LogP contribution in [0, 0.1) is 5.92 Å². The molecule has 0 aliphatic rings. The summed E-state index contributed by atoms with van der Waals surface area (Å²) in [6, 6.07) is -4.56. The molecule has 0 aromatic carbocycles. The van der Waals surface area contributed by atoms with Crippen molar-refractivity contribution in [3.05, 3.63) is 18.2 Å². The average Bonchev–Trinajstić information content (AvgIpc) is 3.32. The minimum atomic E-state index is -1.57. The number of rotatable bonds is 16. The van der Waals surface area contributed by atoms with Gasteiger partial charge in [0.1, 0.15) is 12.1 Å². The van der Waals surface area contributed by atoms with E-state index in [4.69, 9.17) is 11.5 Å². The summed E-state index contributed by atoms with van der Waals surface area (Å²) in [4.78, 5) is 56.8. The molecule has 6 atom stereocenters. The lowest BCUT2D eigenvalue weighted by atomic mass is 9.96. The van der Waals surface area contributed by atoms with Gasteiger partial charge in [0.25, 0.3) is 0 Å². The van der Waals surface area contributed by atoms with Gasteiger partial charge in [-0.1, -0.05) is 26.7 Å². The van der Waals surface area contributed by atoms with E-state index in [2.05, 4.69) is 25.9 Å². The van der Waals surface area contributed by atoms with E-state index < -0.39 is 54.0 Å². The molecule has 0 saturated heterocycles. The topological polar surface area (TPSA) is 226 Å². The Morgan fingerprint density at radius 1 is 1.06 bits per heavy atom. The maximum Gasteiger partial charge on any atom is 0.328 e. The van der Waals surface area contributed by atoms with Gasteiger partial charge in [-0.25, -0.2) is 9.78 Å². The number of aliphatic hydroxyl groups is 1. The number of imidazole rings is 1. The Labute approximate surface area is 204 Å². The van der Waals surface area contributed by atoms with E-state index in [1.165, 1.54) is 19.4 Å². The fraction of sp³-hybridized carbons (Fsp3) is 0.682. The number of carbonyl (C=O) groups excluding carboxylic acids is 3. The molecule has 0 fully saturated rings. The number of carboxylic acids is 1. The molecule has 198 valence electrons. The Morgan fingerprint density at radius 2 is 1.71 bits per heavy atom. The van der Waals surface area contributed by atoms with Crippen molar-refractivity contribution in [3.63, 3.8) is 0 Å². The molecule has 0 radical (unpaired) electrons. The van der Waals surface area contributed by atoms with Crippen molar-refractivity contribution in [2.75, 3.05) is 6.54 Å². The van der Waals surface area contributed by atoms with Gasteiger partial charge in [-0.2, -0.15) is 0 Å². The molecule has 13 heteroatoms. The van der Waals surface area contributed by atoms with Crippen LogP contribution in [0.2, 0.25) is 0 Å². The molecule has 13 nitrogen and oxygen atoms in total. The van der Waals surface area contributed by atoms with Crippen LogP contribution in [0.1, 0.15) is 52.1 Å². The van der Waals surface area contributed by atoms with E-state index in [9.17, 15) is 29.4 Å². The number of nitrogens with one attached hydrogen (secondary N) is 4. The largest absolute Gasteiger partial charge is 0.480 e. The van der Waals surface area contributed by atoms with Gasteiger partial charge in [-0.15, -0.1) is 0 Å². The van der Waals surface area contributed by atoms with Crippen LogP contribution in [-0.2, 0) is 25.6 Å². The second-order valence-corrected chi connectivity index (χ2v) is 8.67. The second-order valence-electron chi connectivity index (χ2n) is 8.67. The molecule has 1 aromatic heterocycles. The highest BCUT2D eigenvalue weighted by molar-refractivity contribution is 5.94. The van der Waals surface area contributed by atoms with Crippen LogP contribution >= 0.6 is 0 Å².